The molecule has 1 N–H and O–H groups in total. The van der Waals surface area contributed by atoms with Crippen LogP contribution in [0.5, 0.6) is 5.75 Å². The van der Waals surface area contributed by atoms with Crippen LogP contribution in [0.4, 0.5) is 4.39 Å². The molecule has 0 fully saturated rings. The predicted octanol–water partition coefficient (Wildman–Crippen LogP) is 6.50. The third kappa shape index (κ3) is 6.24. The Morgan fingerprint density at radius 2 is 1.80 bits per heavy atom. The van der Waals surface area contributed by atoms with Crippen LogP contribution in [0.15, 0.2) is 47.3 Å². The summed E-state index contributed by atoms with van der Waals surface area (Å²) < 4.78 is 19.1. The van der Waals surface area contributed by atoms with Crippen LogP contribution in [-0.2, 0) is 4.79 Å². The van der Waals surface area contributed by atoms with Gasteiger partial charge in [-0.05, 0) is 31.1 Å². The van der Waals surface area contributed by atoms with E-state index in [1.54, 1.807) is 19.9 Å². The number of halogens is 4. The maximum absolute atomic E-state index is 14.1. The number of hydrogen-bond donors (Lipinski definition) is 1. The van der Waals surface area contributed by atoms with E-state index in [0.717, 1.165) is 6.08 Å². The van der Waals surface area contributed by atoms with E-state index in [4.69, 9.17) is 44.6 Å². The Bertz CT molecular complexity index is 793. The van der Waals surface area contributed by atoms with E-state index in [2.05, 4.69) is 0 Å². The van der Waals surface area contributed by atoms with Crippen molar-refractivity contribution in [1.29, 1.82) is 0 Å². The molecule has 0 bridgehead atoms. The second-order valence-corrected chi connectivity index (χ2v) is 6.19. The summed E-state index contributed by atoms with van der Waals surface area (Å²) in [6, 6.07) is 1.52. The molecule has 1 rings (SSSR count). The van der Waals surface area contributed by atoms with Gasteiger partial charge in [-0.15, -0.1) is 0 Å². The topological polar surface area (TPSA) is 46.5 Å². The third-order valence-electron chi connectivity index (χ3n) is 3.10. The second kappa shape index (κ2) is 9.66. The number of allylic oxidation sites excluding steroid dienone is 6. The van der Waals surface area contributed by atoms with Crippen LogP contribution >= 0.6 is 34.8 Å². The van der Waals surface area contributed by atoms with Gasteiger partial charge in [0.05, 0.1) is 17.2 Å². The average Bonchev–Trinajstić information content (AvgIpc) is 2.54. The zero-order valence-electron chi connectivity index (χ0n) is 13.7. The minimum Gasteiger partial charge on any atom is -0.495 e. The molecule has 0 unspecified atom stereocenters. The molecule has 0 aromatic heterocycles. The molecule has 3 nitrogen and oxygen atoms in total. The van der Waals surface area contributed by atoms with Crippen molar-refractivity contribution in [3.8, 4) is 5.75 Å². The number of rotatable bonds is 6. The van der Waals surface area contributed by atoms with Crippen LogP contribution in [0.2, 0.25) is 15.1 Å². The summed E-state index contributed by atoms with van der Waals surface area (Å²) >= 11 is 18.4. The molecular formula is C18H16Cl3FO3. The van der Waals surface area contributed by atoms with Gasteiger partial charge in [-0.2, -0.15) is 0 Å². The van der Waals surface area contributed by atoms with Crippen LogP contribution in [-0.4, -0.2) is 18.2 Å². The lowest BCUT2D eigenvalue weighted by Crippen LogP contribution is -1.88. The lowest BCUT2D eigenvalue weighted by atomic mass is 10.1. The summed E-state index contributed by atoms with van der Waals surface area (Å²) in [4.78, 5) is 10.5. The fourth-order valence-electron chi connectivity index (χ4n) is 1.76. The molecule has 134 valence electrons. The van der Waals surface area contributed by atoms with Gasteiger partial charge in [0.1, 0.15) is 16.6 Å². The standard InChI is InChI=1S/C18H16Cl3FO3/c1-10(8-16(23)24)4-7-14(22)11(2)5-6-12-13(19)9-15(25-3)18(21)17(12)20/h4-9H,1-3H3,(H,23,24)/b6-5?,7-4?,10-8+,14-11?. The Morgan fingerprint density at radius 1 is 1.16 bits per heavy atom. The van der Waals surface area contributed by atoms with E-state index in [9.17, 15) is 9.18 Å². The smallest absolute Gasteiger partial charge is 0.328 e. The highest BCUT2D eigenvalue weighted by molar-refractivity contribution is 6.45. The lowest BCUT2D eigenvalue weighted by molar-refractivity contribution is -0.131. The molecule has 0 aliphatic rings. The minimum absolute atomic E-state index is 0.200. The van der Waals surface area contributed by atoms with Gasteiger partial charge in [-0.3, -0.25) is 0 Å². The minimum atomic E-state index is -1.09. The van der Waals surface area contributed by atoms with Crippen LogP contribution in [0.3, 0.4) is 0 Å². The van der Waals surface area contributed by atoms with Crippen molar-refractivity contribution >= 4 is 46.8 Å². The van der Waals surface area contributed by atoms with Crippen molar-refractivity contribution in [1.82, 2.24) is 0 Å². The fraction of sp³-hybridized carbons (Fsp3) is 0.167. The van der Waals surface area contributed by atoms with Gasteiger partial charge >= 0.3 is 5.97 Å². The molecule has 0 atom stereocenters. The molecule has 25 heavy (non-hydrogen) atoms. The largest absolute Gasteiger partial charge is 0.495 e. The van der Waals surface area contributed by atoms with E-state index in [-0.39, 0.29) is 10.0 Å². The molecule has 0 aliphatic heterocycles. The van der Waals surface area contributed by atoms with Crippen molar-refractivity contribution in [2.45, 2.75) is 13.8 Å². The second-order valence-electron chi connectivity index (χ2n) is 5.03. The average molecular weight is 406 g/mol. The molecule has 0 amide bonds. The molecule has 0 saturated carbocycles. The molecule has 0 heterocycles. The van der Waals surface area contributed by atoms with E-state index < -0.39 is 11.8 Å². The molecule has 0 spiro atoms. The van der Waals surface area contributed by atoms with Crippen molar-refractivity contribution in [2.24, 2.45) is 0 Å². The van der Waals surface area contributed by atoms with Crippen molar-refractivity contribution in [2.75, 3.05) is 7.11 Å². The molecule has 0 radical (unpaired) electrons. The number of carboxylic acids is 1. The fourth-order valence-corrected chi connectivity index (χ4v) is 2.55. The summed E-state index contributed by atoms with van der Waals surface area (Å²) in [6.45, 7) is 3.11. The maximum Gasteiger partial charge on any atom is 0.328 e. The van der Waals surface area contributed by atoms with Gasteiger partial charge in [-0.25, -0.2) is 9.18 Å². The van der Waals surface area contributed by atoms with Gasteiger partial charge < -0.3 is 9.84 Å². The first-order valence-corrected chi connectivity index (χ1v) is 8.16. The van der Waals surface area contributed by atoms with Gasteiger partial charge in [0, 0.05) is 17.7 Å². The summed E-state index contributed by atoms with van der Waals surface area (Å²) in [7, 11) is 1.44. The monoisotopic (exact) mass is 404 g/mol. The number of benzene rings is 1. The number of carbonyl (C=O) groups is 1. The predicted molar refractivity (Wildman–Crippen MR) is 101 cm³/mol. The molecule has 7 heteroatoms. The number of hydrogen-bond acceptors (Lipinski definition) is 2. The Balaban J connectivity index is 3.11. The van der Waals surface area contributed by atoms with Gasteiger partial charge in [0.15, 0.2) is 0 Å². The highest BCUT2D eigenvalue weighted by atomic mass is 35.5. The van der Waals surface area contributed by atoms with Crippen LogP contribution in [0.25, 0.3) is 6.08 Å². The Hall–Kier alpha value is -1.75. The molecule has 0 saturated heterocycles. The first-order chi connectivity index (χ1) is 11.7. The maximum atomic E-state index is 14.1. The van der Waals surface area contributed by atoms with E-state index >= 15 is 0 Å². The summed E-state index contributed by atoms with van der Waals surface area (Å²) in [6.07, 6.45) is 6.56. The summed E-state index contributed by atoms with van der Waals surface area (Å²) in [5.74, 6) is -1.28. The molecular weight excluding hydrogens is 390 g/mol. The lowest BCUT2D eigenvalue weighted by Gasteiger charge is -2.09. The van der Waals surface area contributed by atoms with Gasteiger partial charge in [0.2, 0.25) is 0 Å². The van der Waals surface area contributed by atoms with Crippen molar-refractivity contribution in [3.05, 3.63) is 68.0 Å². The summed E-state index contributed by atoms with van der Waals surface area (Å²) in [5, 5.41) is 9.33. The Morgan fingerprint density at radius 3 is 2.36 bits per heavy atom. The van der Waals surface area contributed by atoms with E-state index in [1.807, 2.05) is 0 Å². The van der Waals surface area contributed by atoms with Gasteiger partial charge in [0.25, 0.3) is 0 Å². The Kier molecular flexibility index (Phi) is 8.23. The SMILES string of the molecule is COc1cc(Cl)c(C=CC(C)=C(F)C=C/C(C)=C/C(=O)O)c(Cl)c1Cl. The van der Waals surface area contributed by atoms with Crippen LogP contribution < -0.4 is 4.74 Å². The van der Waals surface area contributed by atoms with Crippen LogP contribution in [0, 0.1) is 0 Å². The van der Waals surface area contributed by atoms with E-state index in [1.165, 1.54) is 31.4 Å². The number of methoxy groups -OCH3 is 1. The quantitative estimate of drug-likeness (QED) is 0.334. The van der Waals surface area contributed by atoms with E-state index in [0.29, 0.717) is 27.5 Å². The zero-order valence-corrected chi connectivity index (χ0v) is 16.0. The molecule has 1 aromatic rings. The van der Waals surface area contributed by atoms with Crippen molar-refractivity contribution in [3.63, 3.8) is 0 Å². The first kappa shape index (κ1) is 21.3. The number of aliphatic carboxylic acids is 1. The number of carboxylic acid groups (broad SMARTS) is 1. The van der Waals surface area contributed by atoms with Gasteiger partial charge in [-0.1, -0.05) is 53.0 Å². The zero-order chi connectivity index (χ0) is 19.1. The normalized spacial score (nSPS) is 13.5. The highest BCUT2D eigenvalue weighted by Gasteiger charge is 2.13. The summed E-state index contributed by atoms with van der Waals surface area (Å²) in [5.41, 5.74) is 1.15. The molecule has 0 aliphatic carbocycles. The van der Waals surface area contributed by atoms with Crippen LogP contribution in [0.1, 0.15) is 19.4 Å². The van der Waals surface area contributed by atoms with Crippen molar-refractivity contribution < 1.29 is 19.0 Å². The first-order valence-electron chi connectivity index (χ1n) is 7.02. The Labute approximate surface area is 160 Å². The molecule has 1 aromatic carbocycles. The number of ether oxygens (including phenoxy) is 1. The highest BCUT2D eigenvalue weighted by Crippen LogP contribution is 2.39. The third-order valence-corrected chi connectivity index (χ3v) is 4.28.